The third-order valence-corrected chi connectivity index (χ3v) is 4.85. The molecule has 1 amide bonds. The van der Waals surface area contributed by atoms with Gasteiger partial charge < -0.3 is 10.3 Å². The average Bonchev–Trinajstić information content (AvgIpc) is 3.12. The number of hydrogen-bond acceptors (Lipinski definition) is 1. The Morgan fingerprint density at radius 2 is 1.57 bits per heavy atom. The molecule has 3 nitrogen and oxygen atoms in total. The van der Waals surface area contributed by atoms with E-state index in [1.165, 1.54) is 0 Å². The fourth-order valence-electron chi connectivity index (χ4n) is 3.41. The smallest absolute Gasteiger partial charge is 0.272 e. The third-order valence-electron chi connectivity index (χ3n) is 4.85. The van der Waals surface area contributed by atoms with Crippen molar-refractivity contribution in [3.63, 3.8) is 0 Å². The van der Waals surface area contributed by atoms with Crippen molar-refractivity contribution in [3.05, 3.63) is 102 Å². The van der Waals surface area contributed by atoms with E-state index in [2.05, 4.69) is 34.6 Å². The highest BCUT2D eigenvalue weighted by Crippen LogP contribution is 2.25. The molecule has 3 aromatic carbocycles. The third kappa shape index (κ3) is 3.60. The maximum absolute atomic E-state index is 13.0. The summed E-state index contributed by atoms with van der Waals surface area (Å²) < 4.78 is 0. The molecule has 0 fully saturated rings. The minimum Gasteiger partial charge on any atom is -0.350 e. The van der Waals surface area contributed by atoms with Gasteiger partial charge in [0.25, 0.3) is 5.91 Å². The van der Waals surface area contributed by atoms with Gasteiger partial charge in [0.2, 0.25) is 0 Å². The average molecular weight is 366 g/mol. The van der Waals surface area contributed by atoms with Crippen LogP contribution in [0.4, 0.5) is 5.69 Å². The lowest BCUT2D eigenvalue weighted by Gasteiger charge is -2.07. The van der Waals surface area contributed by atoms with Gasteiger partial charge in [-0.15, -0.1) is 0 Å². The van der Waals surface area contributed by atoms with Gasteiger partial charge in [-0.1, -0.05) is 72.8 Å². The first-order chi connectivity index (χ1) is 13.8. The van der Waals surface area contributed by atoms with Crippen molar-refractivity contribution in [2.75, 3.05) is 5.32 Å². The Labute approximate surface area is 164 Å². The number of aromatic nitrogens is 1. The summed E-state index contributed by atoms with van der Waals surface area (Å²) >= 11 is 0. The number of fused-ring (bicyclic) bond motifs is 1. The predicted molar refractivity (Wildman–Crippen MR) is 117 cm³/mol. The van der Waals surface area contributed by atoms with Gasteiger partial charge in [0.15, 0.2) is 0 Å². The van der Waals surface area contributed by atoms with Gasteiger partial charge in [-0.3, -0.25) is 4.79 Å². The van der Waals surface area contributed by atoms with Crippen LogP contribution in [0, 0.1) is 0 Å². The van der Waals surface area contributed by atoms with E-state index in [4.69, 9.17) is 0 Å². The zero-order valence-electron chi connectivity index (χ0n) is 15.8. The fraction of sp³-hybridized carbons (Fsp3) is 0.0800. The second kappa shape index (κ2) is 7.97. The molecule has 4 aromatic rings. The quantitative estimate of drug-likeness (QED) is 0.405. The zero-order valence-corrected chi connectivity index (χ0v) is 15.8. The van der Waals surface area contributed by atoms with Crippen LogP contribution in [0.15, 0.2) is 91.0 Å². The summed E-state index contributed by atoms with van der Waals surface area (Å²) in [5, 5.41) is 4.11. The summed E-state index contributed by atoms with van der Waals surface area (Å²) in [4.78, 5) is 16.2. The largest absolute Gasteiger partial charge is 0.350 e. The molecule has 3 heteroatoms. The van der Waals surface area contributed by atoms with Crippen LogP contribution < -0.4 is 5.32 Å². The SMILES string of the molecule is C/C=C/Cc1c(C(=O)Nc2ccc(-c3ccccc3)cc2)[nH]c2ccccc12. The van der Waals surface area contributed by atoms with E-state index in [1.54, 1.807) is 0 Å². The normalized spacial score (nSPS) is 11.2. The van der Waals surface area contributed by atoms with E-state index in [9.17, 15) is 4.79 Å². The molecule has 2 N–H and O–H groups in total. The Hall–Kier alpha value is -3.59. The Morgan fingerprint density at radius 1 is 0.893 bits per heavy atom. The van der Waals surface area contributed by atoms with Gasteiger partial charge >= 0.3 is 0 Å². The lowest BCUT2D eigenvalue weighted by molar-refractivity contribution is 0.102. The molecule has 138 valence electrons. The van der Waals surface area contributed by atoms with E-state index < -0.39 is 0 Å². The first kappa shape index (κ1) is 17.8. The van der Waals surface area contributed by atoms with Crippen LogP contribution in [0.1, 0.15) is 23.0 Å². The van der Waals surface area contributed by atoms with E-state index in [0.29, 0.717) is 5.69 Å². The van der Waals surface area contributed by atoms with Crippen molar-refractivity contribution in [2.45, 2.75) is 13.3 Å². The molecule has 0 radical (unpaired) electrons. The number of allylic oxidation sites excluding steroid dienone is 2. The number of nitrogens with one attached hydrogen (secondary N) is 2. The molecule has 28 heavy (non-hydrogen) atoms. The van der Waals surface area contributed by atoms with Gasteiger partial charge in [0, 0.05) is 16.6 Å². The number of amides is 1. The Morgan fingerprint density at radius 3 is 2.32 bits per heavy atom. The highest BCUT2D eigenvalue weighted by Gasteiger charge is 2.17. The molecule has 0 aliphatic heterocycles. The van der Waals surface area contributed by atoms with E-state index in [-0.39, 0.29) is 5.91 Å². The van der Waals surface area contributed by atoms with Crippen molar-refractivity contribution in [1.82, 2.24) is 4.98 Å². The molecule has 4 rings (SSSR count). The molecule has 0 atom stereocenters. The van der Waals surface area contributed by atoms with Crippen molar-refractivity contribution < 1.29 is 4.79 Å². The Kier molecular flexibility index (Phi) is 5.07. The monoisotopic (exact) mass is 366 g/mol. The van der Waals surface area contributed by atoms with Crippen LogP contribution in [0.3, 0.4) is 0 Å². The molecule has 0 saturated heterocycles. The van der Waals surface area contributed by atoms with Crippen LogP contribution in [0.2, 0.25) is 0 Å². The van der Waals surface area contributed by atoms with Crippen molar-refractivity contribution in [3.8, 4) is 11.1 Å². The fourth-order valence-corrected chi connectivity index (χ4v) is 3.41. The van der Waals surface area contributed by atoms with Gasteiger partial charge in [0.1, 0.15) is 5.69 Å². The summed E-state index contributed by atoms with van der Waals surface area (Å²) in [5.74, 6) is -0.122. The van der Waals surface area contributed by atoms with Crippen LogP contribution in [0.5, 0.6) is 0 Å². The molecule has 1 heterocycles. The van der Waals surface area contributed by atoms with Gasteiger partial charge in [-0.05, 0) is 48.2 Å². The zero-order chi connectivity index (χ0) is 19.3. The molecule has 0 spiro atoms. The van der Waals surface area contributed by atoms with Crippen molar-refractivity contribution >= 4 is 22.5 Å². The maximum atomic E-state index is 13.0. The second-order valence-electron chi connectivity index (χ2n) is 6.69. The number of aromatic amines is 1. The predicted octanol–water partition coefficient (Wildman–Crippen LogP) is 6.21. The summed E-state index contributed by atoms with van der Waals surface area (Å²) in [6, 6.07) is 26.1. The summed E-state index contributed by atoms with van der Waals surface area (Å²) in [7, 11) is 0. The first-order valence-electron chi connectivity index (χ1n) is 9.44. The van der Waals surface area contributed by atoms with E-state index >= 15 is 0 Å². The standard InChI is InChI=1S/C25H22N2O/c1-2-3-11-22-21-12-7-8-13-23(21)27-24(22)25(28)26-20-16-14-19(15-17-20)18-9-5-4-6-10-18/h2-10,12-17,27H,11H2,1H3,(H,26,28)/b3-2+. The molecular weight excluding hydrogens is 344 g/mol. The number of rotatable bonds is 5. The molecule has 0 aliphatic carbocycles. The summed E-state index contributed by atoms with van der Waals surface area (Å²) in [6.07, 6.45) is 4.79. The second-order valence-corrected chi connectivity index (χ2v) is 6.69. The van der Waals surface area contributed by atoms with Gasteiger partial charge in [0.05, 0.1) is 0 Å². The minimum atomic E-state index is -0.122. The molecule has 1 aromatic heterocycles. The van der Waals surface area contributed by atoms with Crippen LogP contribution in [-0.4, -0.2) is 10.9 Å². The van der Waals surface area contributed by atoms with Crippen molar-refractivity contribution in [2.24, 2.45) is 0 Å². The number of H-pyrrole nitrogens is 1. The van der Waals surface area contributed by atoms with Crippen molar-refractivity contribution in [1.29, 1.82) is 0 Å². The number of anilines is 1. The van der Waals surface area contributed by atoms with Gasteiger partial charge in [-0.25, -0.2) is 0 Å². The van der Waals surface area contributed by atoms with Crippen LogP contribution in [-0.2, 0) is 6.42 Å². The summed E-state index contributed by atoms with van der Waals surface area (Å²) in [5.41, 5.74) is 5.67. The number of carbonyl (C=O) groups excluding carboxylic acids is 1. The number of carbonyl (C=O) groups is 1. The Bertz CT molecular complexity index is 1120. The first-order valence-corrected chi connectivity index (χ1v) is 9.44. The van der Waals surface area contributed by atoms with E-state index in [0.717, 1.165) is 39.7 Å². The highest BCUT2D eigenvalue weighted by atomic mass is 16.1. The van der Waals surface area contributed by atoms with Crippen LogP contribution >= 0.6 is 0 Å². The number of benzene rings is 3. The number of para-hydroxylation sites is 1. The van der Waals surface area contributed by atoms with Crippen LogP contribution in [0.25, 0.3) is 22.0 Å². The number of hydrogen-bond donors (Lipinski definition) is 2. The molecule has 0 aliphatic rings. The lowest BCUT2D eigenvalue weighted by Crippen LogP contribution is -2.14. The molecule has 0 bridgehead atoms. The molecule has 0 unspecified atom stereocenters. The maximum Gasteiger partial charge on any atom is 0.272 e. The summed E-state index contributed by atoms with van der Waals surface area (Å²) in [6.45, 7) is 1.99. The highest BCUT2D eigenvalue weighted by molar-refractivity contribution is 6.08. The van der Waals surface area contributed by atoms with E-state index in [1.807, 2.05) is 73.7 Å². The van der Waals surface area contributed by atoms with Gasteiger partial charge in [-0.2, -0.15) is 0 Å². The topological polar surface area (TPSA) is 44.9 Å². The minimum absolute atomic E-state index is 0.122. The Balaban J connectivity index is 1.60. The lowest BCUT2D eigenvalue weighted by atomic mass is 10.1. The molecular formula is C25H22N2O. The molecule has 0 saturated carbocycles.